The van der Waals surface area contributed by atoms with Gasteiger partial charge in [0.2, 0.25) is 0 Å². The third-order valence-electron chi connectivity index (χ3n) is 4.92. The normalized spacial score (nSPS) is 20.6. The number of alkyl carbamates (subject to hydrolysis) is 1. The molecular weight excluding hydrogens is 378 g/mol. The number of nitrogens with one attached hydrogen (secondary N) is 2. The Hall–Kier alpha value is -2.34. The van der Waals surface area contributed by atoms with Crippen LogP contribution in [0.1, 0.15) is 62.0 Å². The highest BCUT2D eigenvalue weighted by Crippen LogP contribution is 2.39. The van der Waals surface area contributed by atoms with Crippen LogP contribution in [0.3, 0.4) is 0 Å². The number of aromatic nitrogens is 2. The Bertz CT molecular complexity index is 812. The molecule has 1 aliphatic rings. The highest BCUT2D eigenvalue weighted by molar-refractivity contribution is 6.29. The van der Waals surface area contributed by atoms with Crippen molar-refractivity contribution in [2.24, 2.45) is 5.92 Å². The monoisotopic (exact) mass is 403 g/mol. The SMILES string of the molecule is CC(C)(C)OC(=O)NC1CCC(C(C(=O)c2ccc(Cl)nc2)c2ccc[nH]2)C1. The van der Waals surface area contributed by atoms with Crippen LogP contribution in [0.2, 0.25) is 5.15 Å². The molecule has 0 aromatic carbocycles. The van der Waals surface area contributed by atoms with E-state index in [1.807, 2.05) is 39.1 Å². The number of hydrogen-bond acceptors (Lipinski definition) is 4. The minimum absolute atomic E-state index is 0.00606. The molecule has 2 heterocycles. The van der Waals surface area contributed by atoms with Crippen molar-refractivity contribution in [3.05, 3.63) is 53.1 Å². The first kappa shape index (κ1) is 20.4. The van der Waals surface area contributed by atoms with Gasteiger partial charge < -0.3 is 15.0 Å². The number of Topliss-reactive ketones (excluding diaryl/α,β-unsaturated/α-hetero) is 1. The van der Waals surface area contributed by atoms with E-state index in [9.17, 15) is 9.59 Å². The van der Waals surface area contributed by atoms with Gasteiger partial charge in [-0.2, -0.15) is 0 Å². The molecule has 2 aromatic heterocycles. The van der Waals surface area contributed by atoms with E-state index in [0.717, 1.165) is 25.0 Å². The summed E-state index contributed by atoms with van der Waals surface area (Å²) in [5.41, 5.74) is 0.877. The summed E-state index contributed by atoms with van der Waals surface area (Å²) in [7, 11) is 0. The largest absolute Gasteiger partial charge is 0.444 e. The fraction of sp³-hybridized carbons (Fsp3) is 0.476. The molecule has 2 aromatic rings. The summed E-state index contributed by atoms with van der Waals surface area (Å²) in [5, 5.41) is 3.30. The number of pyridine rings is 1. The number of H-pyrrole nitrogens is 1. The van der Waals surface area contributed by atoms with Crippen LogP contribution in [0.5, 0.6) is 0 Å². The molecular formula is C21H26ClN3O3. The van der Waals surface area contributed by atoms with Gasteiger partial charge in [-0.15, -0.1) is 0 Å². The topological polar surface area (TPSA) is 84.1 Å². The quantitative estimate of drug-likeness (QED) is 0.558. The molecule has 1 saturated carbocycles. The minimum Gasteiger partial charge on any atom is -0.444 e. The first-order chi connectivity index (χ1) is 13.2. The third-order valence-corrected chi connectivity index (χ3v) is 5.14. The molecule has 3 unspecified atom stereocenters. The van der Waals surface area contributed by atoms with Gasteiger partial charge in [0.1, 0.15) is 10.8 Å². The summed E-state index contributed by atoms with van der Waals surface area (Å²) in [4.78, 5) is 32.5. The Kier molecular flexibility index (Phi) is 6.08. The smallest absolute Gasteiger partial charge is 0.407 e. The predicted molar refractivity (Wildman–Crippen MR) is 108 cm³/mol. The van der Waals surface area contributed by atoms with Crippen LogP contribution in [-0.2, 0) is 4.74 Å². The van der Waals surface area contributed by atoms with Crippen molar-refractivity contribution >= 4 is 23.5 Å². The van der Waals surface area contributed by atoms with Gasteiger partial charge in [-0.05, 0) is 70.2 Å². The Morgan fingerprint density at radius 2 is 2.07 bits per heavy atom. The molecule has 6 nitrogen and oxygen atoms in total. The lowest BCUT2D eigenvalue weighted by molar-refractivity contribution is 0.0504. The number of hydrogen-bond donors (Lipinski definition) is 2. The van der Waals surface area contributed by atoms with E-state index in [1.54, 1.807) is 12.1 Å². The highest BCUT2D eigenvalue weighted by atomic mass is 35.5. The predicted octanol–water partition coefficient (Wildman–Crippen LogP) is 4.72. The van der Waals surface area contributed by atoms with Crippen molar-refractivity contribution in [3.8, 4) is 0 Å². The lowest BCUT2D eigenvalue weighted by Crippen LogP contribution is -2.38. The zero-order valence-electron chi connectivity index (χ0n) is 16.4. The zero-order chi connectivity index (χ0) is 20.3. The van der Waals surface area contributed by atoms with E-state index in [1.165, 1.54) is 6.20 Å². The summed E-state index contributed by atoms with van der Waals surface area (Å²) in [6.07, 6.45) is 5.30. The molecule has 2 N–H and O–H groups in total. The average molecular weight is 404 g/mol. The number of ketones is 1. The molecule has 7 heteroatoms. The molecule has 0 spiro atoms. The highest BCUT2D eigenvalue weighted by Gasteiger charge is 2.37. The fourth-order valence-corrected chi connectivity index (χ4v) is 3.88. The van der Waals surface area contributed by atoms with E-state index in [0.29, 0.717) is 10.7 Å². The maximum atomic E-state index is 13.2. The number of carbonyl (C=O) groups excluding carboxylic acids is 2. The summed E-state index contributed by atoms with van der Waals surface area (Å²) in [6, 6.07) is 7.15. The van der Waals surface area contributed by atoms with Crippen molar-refractivity contribution < 1.29 is 14.3 Å². The van der Waals surface area contributed by atoms with Crippen LogP contribution in [0.25, 0.3) is 0 Å². The second-order valence-corrected chi connectivity index (χ2v) is 8.64. The van der Waals surface area contributed by atoms with Gasteiger partial charge in [-0.25, -0.2) is 9.78 Å². The van der Waals surface area contributed by atoms with Crippen molar-refractivity contribution in [3.63, 3.8) is 0 Å². The maximum absolute atomic E-state index is 13.2. The molecule has 3 rings (SSSR count). The van der Waals surface area contributed by atoms with Gasteiger partial charge in [0.15, 0.2) is 5.78 Å². The van der Waals surface area contributed by atoms with Crippen LogP contribution >= 0.6 is 11.6 Å². The molecule has 1 amide bonds. The van der Waals surface area contributed by atoms with Gasteiger partial charge in [0.25, 0.3) is 0 Å². The number of nitrogens with zero attached hydrogens (tertiary/aromatic N) is 1. The van der Waals surface area contributed by atoms with Gasteiger partial charge in [-0.3, -0.25) is 4.79 Å². The van der Waals surface area contributed by atoms with Crippen molar-refractivity contribution in [2.75, 3.05) is 0 Å². The summed E-state index contributed by atoms with van der Waals surface area (Å²) in [5.74, 6) is -0.195. The number of aromatic amines is 1. The summed E-state index contributed by atoms with van der Waals surface area (Å²) in [6.45, 7) is 5.51. The van der Waals surface area contributed by atoms with Gasteiger partial charge in [-0.1, -0.05) is 11.6 Å². The van der Waals surface area contributed by atoms with E-state index < -0.39 is 11.7 Å². The van der Waals surface area contributed by atoms with Crippen LogP contribution in [0, 0.1) is 5.92 Å². The zero-order valence-corrected chi connectivity index (χ0v) is 17.1. The van der Waals surface area contributed by atoms with E-state index >= 15 is 0 Å². The van der Waals surface area contributed by atoms with Crippen molar-refractivity contribution in [1.29, 1.82) is 0 Å². The van der Waals surface area contributed by atoms with Gasteiger partial charge >= 0.3 is 6.09 Å². The van der Waals surface area contributed by atoms with Crippen LogP contribution in [0.4, 0.5) is 4.79 Å². The van der Waals surface area contributed by atoms with Gasteiger partial charge in [0, 0.05) is 29.7 Å². The first-order valence-electron chi connectivity index (χ1n) is 9.51. The van der Waals surface area contributed by atoms with Crippen LogP contribution in [-0.4, -0.2) is 33.5 Å². The second-order valence-electron chi connectivity index (χ2n) is 8.25. The summed E-state index contributed by atoms with van der Waals surface area (Å²) < 4.78 is 5.35. The molecule has 3 atom stereocenters. The molecule has 150 valence electrons. The second kappa shape index (κ2) is 8.35. The fourth-order valence-electron chi connectivity index (χ4n) is 3.77. The van der Waals surface area contributed by atoms with Crippen molar-refractivity contribution in [2.45, 2.75) is 57.6 Å². The molecule has 0 bridgehead atoms. The average Bonchev–Trinajstić information content (AvgIpc) is 3.27. The van der Waals surface area contributed by atoms with E-state index in [4.69, 9.17) is 16.3 Å². The molecule has 0 saturated heterocycles. The first-order valence-corrected chi connectivity index (χ1v) is 9.89. The number of halogens is 1. The Balaban J connectivity index is 1.73. The van der Waals surface area contributed by atoms with Gasteiger partial charge in [0.05, 0.1) is 5.92 Å². The number of amides is 1. The maximum Gasteiger partial charge on any atom is 0.407 e. The molecule has 0 aliphatic heterocycles. The molecule has 1 aliphatic carbocycles. The lowest BCUT2D eigenvalue weighted by Gasteiger charge is -2.23. The minimum atomic E-state index is -0.535. The molecule has 28 heavy (non-hydrogen) atoms. The summed E-state index contributed by atoms with van der Waals surface area (Å²) >= 11 is 5.86. The molecule has 1 fully saturated rings. The van der Waals surface area contributed by atoms with Crippen LogP contribution in [0.15, 0.2) is 36.7 Å². The van der Waals surface area contributed by atoms with Crippen molar-refractivity contribution in [1.82, 2.24) is 15.3 Å². The number of carbonyl (C=O) groups is 2. The number of rotatable bonds is 5. The Morgan fingerprint density at radius 3 is 2.68 bits per heavy atom. The number of ether oxygens (including phenoxy) is 1. The van der Waals surface area contributed by atoms with Crippen LogP contribution < -0.4 is 5.32 Å². The van der Waals surface area contributed by atoms with E-state index in [-0.39, 0.29) is 23.7 Å². The Morgan fingerprint density at radius 1 is 1.29 bits per heavy atom. The standard InChI is InChI=1S/C21H26ClN3O3/c1-21(2,3)28-20(27)25-15-8-6-13(11-15)18(16-5-4-10-23-16)19(26)14-7-9-17(22)24-12-14/h4-5,7,9-10,12-13,15,18,23H,6,8,11H2,1-3H3,(H,25,27). The lowest BCUT2D eigenvalue weighted by atomic mass is 9.82. The third kappa shape index (κ3) is 5.13. The molecule has 0 radical (unpaired) electrons. The Labute approximate surface area is 170 Å². The van der Waals surface area contributed by atoms with E-state index in [2.05, 4.69) is 15.3 Å².